The molecule has 9 nitrogen and oxygen atoms in total. The van der Waals surface area contributed by atoms with E-state index in [0.717, 1.165) is 47.8 Å². The number of piperidine rings is 1. The molecule has 1 aromatic heterocycles. The van der Waals surface area contributed by atoms with E-state index in [0.29, 0.717) is 28.6 Å². The number of ether oxygens (including phenoxy) is 1. The third kappa shape index (κ3) is 5.85. The number of rotatable bonds is 6. The molecule has 0 radical (unpaired) electrons. The molecule has 0 spiro atoms. The van der Waals surface area contributed by atoms with Gasteiger partial charge in [-0.15, -0.1) is 5.10 Å². The first-order valence-electron chi connectivity index (χ1n) is 12.6. The van der Waals surface area contributed by atoms with Gasteiger partial charge in [0.1, 0.15) is 52.1 Å². The van der Waals surface area contributed by atoms with Gasteiger partial charge < -0.3 is 25.0 Å². The normalized spacial score (nSPS) is 25.3. The smallest absolute Gasteiger partial charge is 0.254 e. The predicted octanol–water partition coefficient (Wildman–Crippen LogP) is 3.93. The molecule has 5 rings (SSSR count). The van der Waals surface area contributed by atoms with Gasteiger partial charge in [0, 0.05) is 28.6 Å². The standard InChI is InChI=1S/C26H26Cl2F2N4O5S/c27-14-4-5-15(25(38)33-6-2-1-3-7-33)20(10-14)40-26-24(37)22(23(36)19(12-35)39-26)34-11-18(31-32-34)13-8-16(29)21(28)17(30)9-13/h4-5,8-11,19,22-24,26,35-37H,1-3,6-7,12H2. The van der Waals surface area contributed by atoms with Gasteiger partial charge in [-0.05, 0) is 49.6 Å². The molecule has 5 unspecified atom stereocenters. The van der Waals surface area contributed by atoms with Crippen molar-refractivity contribution >= 4 is 40.9 Å². The fourth-order valence-corrected chi connectivity index (χ4v) is 6.47. The number of aliphatic hydroxyl groups excluding tert-OH is 3. The van der Waals surface area contributed by atoms with E-state index in [1.165, 1.54) is 6.20 Å². The van der Waals surface area contributed by atoms with Crippen molar-refractivity contribution in [3.8, 4) is 11.3 Å². The van der Waals surface area contributed by atoms with Crippen molar-refractivity contribution in [1.29, 1.82) is 0 Å². The molecule has 5 atom stereocenters. The van der Waals surface area contributed by atoms with Gasteiger partial charge >= 0.3 is 0 Å². The van der Waals surface area contributed by atoms with Crippen LogP contribution in [0.3, 0.4) is 0 Å². The summed E-state index contributed by atoms with van der Waals surface area (Å²) < 4.78 is 35.0. The van der Waals surface area contributed by atoms with Crippen LogP contribution in [0.2, 0.25) is 10.0 Å². The van der Waals surface area contributed by atoms with Crippen molar-refractivity contribution in [2.45, 2.75) is 53.9 Å². The maximum atomic E-state index is 14.0. The maximum absolute atomic E-state index is 14.0. The zero-order valence-electron chi connectivity index (χ0n) is 21.0. The summed E-state index contributed by atoms with van der Waals surface area (Å²) in [7, 11) is 0. The van der Waals surface area contributed by atoms with Crippen LogP contribution in [0.5, 0.6) is 0 Å². The molecule has 2 aliphatic heterocycles. The Balaban J connectivity index is 1.44. The first kappa shape index (κ1) is 29.2. The summed E-state index contributed by atoms with van der Waals surface area (Å²) in [6.45, 7) is 0.710. The highest BCUT2D eigenvalue weighted by Crippen LogP contribution is 2.40. The average molecular weight is 615 g/mol. The first-order chi connectivity index (χ1) is 19.2. The Morgan fingerprint density at radius 2 is 1.77 bits per heavy atom. The predicted molar refractivity (Wildman–Crippen MR) is 144 cm³/mol. The summed E-state index contributed by atoms with van der Waals surface area (Å²) in [6, 6.07) is 5.67. The number of amides is 1. The highest BCUT2D eigenvalue weighted by Gasteiger charge is 2.46. The number of aromatic nitrogens is 3. The molecule has 14 heteroatoms. The molecule has 0 saturated carbocycles. The SMILES string of the molecule is O=C(c1ccc(Cl)cc1SC1OC(CO)C(O)C(n2cc(-c3cc(F)c(Cl)c(F)c3)nn2)C1O)N1CCCCC1. The summed E-state index contributed by atoms with van der Waals surface area (Å²) in [4.78, 5) is 15.6. The van der Waals surface area contributed by atoms with Gasteiger partial charge in [-0.1, -0.05) is 40.2 Å². The summed E-state index contributed by atoms with van der Waals surface area (Å²) >= 11 is 12.9. The van der Waals surface area contributed by atoms with Crippen LogP contribution in [0.1, 0.15) is 35.7 Å². The number of hydrogen-bond acceptors (Lipinski definition) is 8. The van der Waals surface area contributed by atoms with Crippen LogP contribution in [0, 0.1) is 11.6 Å². The fraction of sp³-hybridized carbons (Fsp3) is 0.423. The number of likely N-dealkylation sites (tertiary alicyclic amines) is 1. The third-order valence-electron chi connectivity index (χ3n) is 7.00. The van der Waals surface area contributed by atoms with Crippen LogP contribution >= 0.6 is 35.0 Å². The van der Waals surface area contributed by atoms with Crippen molar-refractivity contribution in [3.63, 3.8) is 0 Å². The lowest BCUT2D eigenvalue weighted by atomic mass is 9.97. The lowest BCUT2D eigenvalue weighted by Crippen LogP contribution is -2.55. The zero-order chi connectivity index (χ0) is 28.6. The van der Waals surface area contributed by atoms with Crippen molar-refractivity contribution < 1.29 is 33.6 Å². The van der Waals surface area contributed by atoms with Crippen LogP contribution < -0.4 is 0 Å². The Kier molecular flexibility index (Phi) is 8.95. The van der Waals surface area contributed by atoms with E-state index in [-0.39, 0.29) is 17.2 Å². The molecule has 3 heterocycles. The molecule has 2 aromatic carbocycles. The van der Waals surface area contributed by atoms with E-state index < -0.39 is 53.1 Å². The number of thioether (sulfide) groups is 1. The number of aliphatic hydroxyl groups is 3. The van der Waals surface area contributed by atoms with Crippen LogP contribution in [0.25, 0.3) is 11.3 Å². The number of nitrogens with zero attached hydrogens (tertiary/aromatic N) is 4. The van der Waals surface area contributed by atoms with Crippen LogP contribution in [-0.4, -0.2) is 84.6 Å². The van der Waals surface area contributed by atoms with Crippen molar-refractivity contribution in [3.05, 3.63) is 63.8 Å². The van der Waals surface area contributed by atoms with Crippen LogP contribution in [-0.2, 0) is 4.74 Å². The molecule has 40 heavy (non-hydrogen) atoms. The second-order valence-electron chi connectivity index (χ2n) is 9.65. The monoisotopic (exact) mass is 614 g/mol. The Morgan fingerprint density at radius 3 is 2.45 bits per heavy atom. The fourth-order valence-electron chi connectivity index (χ4n) is 4.90. The molecule has 214 valence electrons. The molecule has 2 aliphatic rings. The van der Waals surface area contributed by atoms with E-state index in [2.05, 4.69) is 10.3 Å². The minimum Gasteiger partial charge on any atom is -0.394 e. The largest absolute Gasteiger partial charge is 0.394 e. The molecule has 2 saturated heterocycles. The molecular weight excluding hydrogens is 589 g/mol. The molecule has 0 aliphatic carbocycles. The van der Waals surface area contributed by atoms with E-state index in [9.17, 15) is 28.9 Å². The summed E-state index contributed by atoms with van der Waals surface area (Å²) in [5.41, 5.74) is -0.555. The van der Waals surface area contributed by atoms with Crippen LogP contribution in [0.15, 0.2) is 41.4 Å². The number of halogens is 4. The minimum absolute atomic E-state index is 0.0473. The average Bonchev–Trinajstić information content (AvgIpc) is 3.43. The summed E-state index contributed by atoms with van der Waals surface area (Å²) in [5, 5.41) is 39.8. The minimum atomic E-state index is -1.42. The topological polar surface area (TPSA) is 121 Å². The van der Waals surface area contributed by atoms with Crippen LogP contribution in [0.4, 0.5) is 8.78 Å². The first-order valence-corrected chi connectivity index (χ1v) is 14.3. The Morgan fingerprint density at radius 1 is 1.07 bits per heavy atom. The van der Waals surface area contributed by atoms with Gasteiger partial charge in [0.2, 0.25) is 0 Å². The van der Waals surface area contributed by atoms with Gasteiger partial charge in [-0.25, -0.2) is 13.5 Å². The highest BCUT2D eigenvalue weighted by atomic mass is 35.5. The second kappa shape index (κ2) is 12.3. The number of benzene rings is 2. The van der Waals surface area contributed by atoms with Crippen molar-refractivity contribution in [2.24, 2.45) is 0 Å². The number of carbonyl (C=O) groups excluding carboxylic acids is 1. The van der Waals surface area contributed by atoms with Crippen molar-refractivity contribution in [1.82, 2.24) is 19.9 Å². The molecular formula is C26H26Cl2F2N4O5S. The quantitative estimate of drug-likeness (QED) is 0.357. The molecule has 1 amide bonds. The van der Waals surface area contributed by atoms with Gasteiger partial charge in [-0.3, -0.25) is 4.79 Å². The van der Waals surface area contributed by atoms with E-state index in [1.54, 1.807) is 23.1 Å². The lowest BCUT2D eigenvalue weighted by molar-refractivity contribution is -0.178. The van der Waals surface area contributed by atoms with E-state index in [1.807, 2.05) is 0 Å². The maximum Gasteiger partial charge on any atom is 0.254 e. The molecule has 3 aromatic rings. The van der Waals surface area contributed by atoms with Gasteiger partial charge in [-0.2, -0.15) is 0 Å². The Hall–Kier alpha value is -2.32. The second-order valence-corrected chi connectivity index (χ2v) is 11.6. The van der Waals surface area contributed by atoms with E-state index >= 15 is 0 Å². The lowest BCUT2D eigenvalue weighted by Gasteiger charge is -2.42. The van der Waals surface area contributed by atoms with Crippen molar-refractivity contribution in [2.75, 3.05) is 19.7 Å². The molecule has 3 N–H and O–H groups in total. The molecule has 2 fully saturated rings. The van der Waals surface area contributed by atoms with E-state index in [4.69, 9.17) is 27.9 Å². The van der Waals surface area contributed by atoms with Gasteiger partial charge in [0.05, 0.1) is 18.4 Å². The summed E-state index contributed by atoms with van der Waals surface area (Å²) in [6.07, 6.45) is 0.257. The number of carbonyl (C=O) groups is 1. The molecule has 0 bridgehead atoms. The van der Waals surface area contributed by atoms with Gasteiger partial charge in [0.25, 0.3) is 5.91 Å². The third-order valence-corrected chi connectivity index (χ3v) is 8.81. The zero-order valence-corrected chi connectivity index (χ0v) is 23.3. The number of hydrogen-bond donors (Lipinski definition) is 3. The van der Waals surface area contributed by atoms with Gasteiger partial charge in [0.15, 0.2) is 0 Å². The highest BCUT2D eigenvalue weighted by molar-refractivity contribution is 8.00. The Labute approximate surface area is 242 Å². The summed E-state index contributed by atoms with van der Waals surface area (Å²) in [5.74, 6) is -2.13. The Bertz CT molecular complexity index is 1370.